The Morgan fingerprint density at radius 2 is 2.26 bits per heavy atom. The summed E-state index contributed by atoms with van der Waals surface area (Å²) in [6.07, 6.45) is 0.328. The second-order valence-electron chi connectivity index (χ2n) is 4.31. The maximum Gasteiger partial charge on any atom is 0.319 e. The molecule has 3 N–H and O–H groups in total. The quantitative estimate of drug-likeness (QED) is 0.779. The molecule has 0 saturated heterocycles. The van der Waals surface area contributed by atoms with Gasteiger partial charge in [-0.1, -0.05) is 13.0 Å². The van der Waals surface area contributed by atoms with Crippen molar-refractivity contribution in [3.05, 3.63) is 18.2 Å². The molecule has 1 aliphatic heterocycles. The summed E-state index contributed by atoms with van der Waals surface area (Å²) in [5.41, 5.74) is 1.02. The molecule has 1 atom stereocenters. The first kappa shape index (κ1) is 13.2. The van der Waals surface area contributed by atoms with Crippen LogP contribution in [0.1, 0.15) is 20.3 Å². The van der Waals surface area contributed by atoms with Crippen LogP contribution in [-0.4, -0.2) is 24.6 Å². The van der Waals surface area contributed by atoms with Gasteiger partial charge in [-0.25, -0.2) is 4.79 Å². The first-order chi connectivity index (χ1) is 9.11. The van der Waals surface area contributed by atoms with Crippen LogP contribution in [0.15, 0.2) is 18.2 Å². The van der Waals surface area contributed by atoms with Gasteiger partial charge in [0.05, 0.1) is 5.69 Å². The van der Waals surface area contributed by atoms with E-state index in [2.05, 4.69) is 16.0 Å². The number of ether oxygens (including phenoxy) is 1. The van der Waals surface area contributed by atoms with Gasteiger partial charge in [-0.05, 0) is 25.5 Å². The average Bonchev–Trinajstić information content (AvgIpc) is 2.38. The van der Waals surface area contributed by atoms with Gasteiger partial charge >= 0.3 is 6.03 Å². The molecule has 0 aliphatic carbocycles. The SMILES string of the molecule is CCCNC(=O)Nc1cccc2c1NC(=O)C(C)O2. The zero-order chi connectivity index (χ0) is 13.8. The standard InChI is InChI=1S/C13H17N3O3/c1-3-7-14-13(18)15-9-5-4-6-10-11(9)16-12(17)8(2)19-10/h4-6,8H,3,7H2,1-2H3,(H,16,17)(H2,14,15,18). The lowest BCUT2D eigenvalue weighted by atomic mass is 10.2. The number of nitrogens with one attached hydrogen (secondary N) is 3. The van der Waals surface area contributed by atoms with E-state index in [-0.39, 0.29) is 11.9 Å². The molecular weight excluding hydrogens is 246 g/mol. The molecule has 1 unspecified atom stereocenters. The number of carbonyl (C=O) groups is 2. The van der Waals surface area contributed by atoms with Gasteiger partial charge in [-0.3, -0.25) is 4.79 Å². The molecule has 3 amide bonds. The Morgan fingerprint density at radius 3 is 3.00 bits per heavy atom. The van der Waals surface area contributed by atoms with Crippen molar-refractivity contribution >= 4 is 23.3 Å². The Balaban J connectivity index is 2.16. The van der Waals surface area contributed by atoms with Gasteiger partial charge in [0.1, 0.15) is 11.4 Å². The highest BCUT2D eigenvalue weighted by Gasteiger charge is 2.25. The van der Waals surface area contributed by atoms with E-state index in [1.165, 1.54) is 0 Å². The summed E-state index contributed by atoms with van der Waals surface area (Å²) in [6.45, 7) is 4.24. The monoisotopic (exact) mass is 263 g/mol. The lowest BCUT2D eigenvalue weighted by Gasteiger charge is -2.25. The van der Waals surface area contributed by atoms with Crippen LogP contribution in [-0.2, 0) is 4.79 Å². The molecule has 19 heavy (non-hydrogen) atoms. The van der Waals surface area contributed by atoms with Gasteiger partial charge in [-0.2, -0.15) is 0 Å². The van der Waals surface area contributed by atoms with Crippen LogP contribution in [0.5, 0.6) is 5.75 Å². The summed E-state index contributed by atoms with van der Waals surface area (Å²) in [5.74, 6) is 0.330. The van der Waals surface area contributed by atoms with Crippen LogP contribution >= 0.6 is 0 Å². The third-order valence-corrected chi connectivity index (χ3v) is 2.73. The smallest absolute Gasteiger partial charge is 0.319 e. The predicted octanol–water partition coefficient (Wildman–Crippen LogP) is 1.94. The van der Waals surface area contributed by atoms with Crippen molar-refractivity contribution in [2.75, 3.05) is 17.2 Å². The molecule has 0 spiro atoms. The minimum Gasteiger partial charge on any atom is -0.479 e. The molecule has 0 radical (unpaired) electrons. The van der Waals surface area contributed by atoms with Crippen LogP contribution in [0.3, 0.4) is 0 Å². The number of urea groups is 1. The van der Waals surface area contributed by atoms with Crippen LogP contribution < -0.4 is 20.7 Å². The molecule has 0 saturated carbocycles. The molecule has 6 heteroatoms. The number of fused-ring (bicyclic) bond motifs is 1. The maximum absolute atomic E-state index is 11.6. The van der Waals surface area contributed by atoms with E-state index in [4.69, 9.17) is 4.74 Å². The van der Waals surface area contributed by atoms with E-state index in [1.807, 2.05) is 6.92 Å². The largest absolute Gasteiger partial charge is 0.479 e. The lowest BCUT2D eigenvalue weighted by molar-refractivity contribution is -0.122. The molecule has 102 valence electrons. The highest BCUT2D eigenvalue weighted by Crippen LogP contribution is 2.36. The molecule has 0 aromatic heterocycles. The second kappa shape index (κ2) is 5.60. The van der Waals surface area contributed by atoms with Crippen LogP contribution in [0.4, 0.5) is 16.2 Å². The van der Waals surface area contributed by atoms with Crippen molar-refractivity contribution in [1.29, 1.82) is 0 Å². The van der Waals surface area contributed by atoms with Crippen molar-refractivity contribution in [2.24, 2.45) is 0 Å². The third kappa shape index (κ3) is 2.96. The molecule has 1 heterocycles. The van der Waals surface area contributed by atoms with E-state index in [0.29, 0.717) is 23.7 Å². The van der Waals surface area contributed by atoms with E-state index in [1.54, 1.807) is 25.1 Å². The fraction of sp³-hybridized carbons (Fsp3) is 0.385. The minimum atomic E-state index is -0.531. The number of hydrogen-bond acceptors (Lipinski definition) is 3. The van der Waals surface area contributed by atoms with Crippen molar-refractivity contribution in [1.82, 2.24) is 5.32 Å². The Kier molecular flexibility index (Phi) is 3.89. The molecular formula is C13H17N3O3. The number of rotatable bonds is 3. The Hall–Kier alpha value is -2.24. The van der Waals surface area contributed by atoms with Gasteiger partial charge in [0.15, 0.2) is 6.10 Å². The molecule has 1 aromatic rings. The zero-order valence-electron chi connectivity index (χ0n) is 10.9. The van der Waals surface area contributed by atoms with Crippen molar-refractivity contribution in [2.45, 2.75) is 26.4 Å². The molecule has 1 aliphatic rings. The molecule has 0 fully saturated rings. The molecule has 6 nitrogen and oxygen atoms in total. The number of amides is 3. The Labute approximate surface area is 111 Å². The van der Waals surface area contributed by atoms with E-state index in [9.17, 15) is 9.59 Å². The Bertz CT molecular complexity index is 502. The number of benzene rings is 1. The van der Waals surface area contributed by atoms with Gasteiger partial charge in [0, 0.05) is 6.54 Å². The van der Waals surface area contributed by atoms with Crippen molar-refractivity contribution in [3.8, 4) is 5.75 Å². The molecule has 1 aromatic carbocycles. The zero-order valence-corrected chi connectivity index (χ0v) is 10.9. The summed E-state index contributed by atoms with van der Waals surface area (Å²) < 4.78 is 5.46. The highest BCUT2D eigenvalue weighted by molar-refractivity contribution is 6.03. The summed E-state index contributed by atoms with van der Waals surface area (Å²) in [7, 11) is 0. The van der Waals surface area contributed by atoms with E-state index >= 15 is 0 Å². The van der Waals surface area contributed by atoms with Crippen LogP contribution in [0.25, 0.3) is 0 Å². The van der Waals surface area contributed by atoms with Gasteiger partial charge in [0.25, 0.3) is 5.91 Å². The van der Waals surface area contributed by atoms with Crippen LogP contribution in [0, 0.1) is 0 Å². The first-order valence-corrected chi connectivity index (χ1v) is 6.27. The summed E-state index contributed by atoms with van der Waals surface area (Å²) in [4.78, 5) is 23.2. The van der Waals surface area contributed by atoms with E-state index in [0.717, 1.165) is 6.42 Å². The van der Waals surface area contributed by atoms with E-state index < -0.39 is 6.10 Å². The third-order valence-electron chi connectivity index (χ3n) is 2.73. The minimum absolute atomic E-state index is 0.226. The van der Waals surface area contributed by atoms with Crippen LogP contribution in [0.2, 0.25) is 0 Å². The topological polar surface area (TPSA) is 79.5 Å². The lowest BCUT2D eigenvalue weighted by Crippen LogP contribution is -2.35. The van der Waals surface area contributed by atoms with Gasteiger partial charge in [-0.15, -0.1) is 0 Å². The first-order valence-electron chi connectivity index (χ1n) is 6.27. The molecule has 0 bridgehead atoms. The number of hydrogen-bond donors (Lipinski definition) is 3. The number of para-hydroxylation sites is 1. The highest BCUT2D eigenvalue weighted by atomic mass is 16.5. The number of anilines is 2. The van der Waals surface area contributed by atoms with Crippen molar-refractivity contribution in [3.63, 3.8) is 0 Å². The average molecular weight is 263 g/mol. The fourth-order valence-electron chi connectivity index (χ4n) is 1.74. The normalized spacial score (nSPS) is 16.9. The second-order valence-corrected chi connectivity index (χ2v) is 4.31. The fourth-order valence-corrected chi connectivity index (χ4v) is 1.74. The van der Waals surface area contributed by atoms with Gasteiger partial charge in [0.2, 0.25) is 0 Å². The van der Waals surface area contributed by atoms with Crippen molar-refractivity contribution < 1.29 is 14.3 Å². The van der Waals surface area contributed by atoms with Gasteiger partial charge < -0.3 is 20.7 Å². The number of carbonyl (C=O) groups excluding carboxylic acids is 2. The predicted molar refractivity (Wildman–Crippen MR) is 72.5 cm³/mol. The molecule has 2 rings (SSSR count). The summed E-state index contributed by atoms with van der Waals surface area (Å²) in [6, 6.07) is 4.92. The summed E-state index contributed by atoms with van der Waals surface area (Å²) >= 11 is 0. The Morgan fingerprint density at radius 1 is 1.47 bits per heavy atom. The maximum atomic E-state index is 11.6. The summed E-state index contributed by atoms with van der Waals surface area (Å²) in [5, 5.41) is 8.13.